The fraction of sp³-hybridized carbons (Fsp3) is 0.360. The summed E-state index contributed by atoms with van der Waals surface area (Å²) in [5, 5.41) is 0. The van der Waals surface area contributed by atoms with Crippen LogP contribution in [0.15, 0.2) is 114 Å². The van der Waals surface area contributed by atoms with Gasteiger partial charge in [-0.1, -0.05) is 57.4 Å². The molecule has 4 nitrogen and oxygen atoms in total. The number of aryl methyl sites for hydroxylation is 6. The molecular formula is C50H63BrN4Sn. The number of pyridine rings is 4. The first-order valence-corrected chi connectivity index (χ1v) is 28.9. The maximum atomic E-state index is 5.31. The molecule has 0 fully saturated rings. The second kappa shape index (κ2) is 22.9. The van der Waals surface area contributed by atoms with E-state index in [0.717, 1.165) is 38.5 Å². The Kier molecular flexibility index (Phi) is 18.4. The van der Waals surface area contributed by atoms with E-state index in [1.165, 1.54) is 88.9 Å². The van der Waals surface area contributed by atoms with Crippen molar-refractivity contribution in [1.82, 2.24) is 19.9 Å². The number of nitrogens with zero attached hydrogens (tertiary/aromatic N) is 4. The Labute approximate surface area is 351 Å². The quantitative estimate of drug-likeness (QED) is 0.108. The zero-order valence-electron chi connectivity index (χ0n) is 35.4. The summed E-state index contributed by atoms with van der Waals surface area (Å²) in [6, 6.07) is 33.8. The van der Waals surface area contributed by atoms with Crippen LogP contribution in [-0.2, 0) is 0 Å². The minimum absolute atomic E-state index is 0.924. The molecule has 0 amide bonds. The maximum absolute atomic E-state index is 5.31. The van der Waals surface area contributed by atoms with Crippen molar-refractivity contribution in [3.8, 4) is 34.0 Å². The molecule has 0 aliphatic heterocycles. The molecule has 4 aromatic heterocycles. The molecule has 0 aliphatic rings. The van der Waals surface area contributed by atoms with Gasteiger partial charge >= 0.3 is 171 Å². The Hall–Kier alpha value is -3.68. The fourth-order valence-corrected chi connectivity index (χ4v) is 23.3. The van der Waals surface area contributed by atoms with Gasteiger partial charge in [0.05, 0.1) is 17.1 Å². The predicted octanol–water partition coefficient (Wildman–Crippen LogP) is 14.3. The molecule has 6 heteroatoms. The summed E-state index contributed by atoms with van der Waals surface area (Å²) < 4.78 is 7.04. The van der Waals surface area contributed by atoms with Crippen LogP contribution < -0.4 is 3.71 Å². The third-order valence-corrected chi connectivity index (χ3v) is 25.7. The van der Waals surface area contributed by atoms with Gasteiger partial charge < -0.3 is 0 Å². The average molecular weight is 919 g/mol. The summed E-state index contributed by atoms with van der Waals surface area (Å²) >= 11 is 0.859. The molecule has 0 unspecified atom stereocenters. The van der Waals surface area contributed by atoms with Gasteiger partial charge in [0.2, 0.25) is 0 Å². The topological polar surface area (TPSA) is 51.6 Å². The van der Waals surface area contributed by atoms with Gasteiger partial charge in [-0.15, -0.1) is 0 Å². The molecule has 4 heterocycles. The molecule has 0 atom stereocenters. The summed E-state index contributed by atoms with van der Waals surface area (Å²) in [7, 11) is 0. The van der Waals surface area contributed by atoms with Crippen molar-refractivity contribution in [3.63, 3.8) is 0 Å². The van der Waals surface area contributed by atoms with Crippen LogP contribution in [0.2, 0.25) is 13.3 Å². The molecule has 6 aromatic rings. The Balaban J connectivity index is 0.000000211. The Bertz CT molecular complexity index is 2020. The van der Waals surface area contributed by atoms with E-state index < -0.39 is 18.4 Å². The van der Waals surface area contributed by atoms with Crippen LogP contribution >= 0.6 is 15.9 Å². The molecule has 0 bridgehead atoms. The number of rotatable bonds is 13. The monoisotopic (exact) mass is 918 g/mol. The summed E-state index contributed by atoms with van der Waals surface area (Å²) in [4.78, 5) is 19.2. The van der Waals surface area contributed by atoms with Gasteiger partial charge in [0.25, 0.3) is 0 Å². The van der Waals surface area contributed by atoms with E-state index in [-0.39, 0.29) is 0 Å². The van der Waals surface area contributed by atoms with Crippen molar-refractivity contribution in [2.24, 2.45) is 0 Å². The Morgan fingerprint density at radius 1 is 0.446 bits per heavy atom. The van der Waals surface area contributed by atoms with Crippen LogP contribution in [-0.4, -0.2) is 38.3 Å². The second-order valence-electron chi connectivity index (χ2n) is 15.5. The van der Waals surface area contributed by atoms with Crippen molar-refractivity contribution in [1.29, 1.82) is 0 Å². The van der Waals surface area contributed by atoms with E-state index in [1.54, 1.807) is 0 Å². The van der Waals surface area contributed by atoms with Gasteiger partial charge in [0.1, 0.15) is 0 Å². The SMILES string of the molecule is CCC[CH2][Sn]([CH2]CCC)([CH2]CCC)[c]1cc(C)cc(-c2cc(C)ccn2)n1.Cc1cccc(-c2cc(C)cc(-c3cc(C)ccn3)n2)c1.Cc1cccc(Br)c1. The van der Waals surface area contributed by atoms with Crippen LogP contribution in [0.4, 0.5) is 0 Å². The summed E-state index contributed by atoms with van der Waals surface area (Å²) in [5.74, 6) is 0. The van der Waals surface area contributed by atoms with Crippen molar-refractivity contribution < 1.29 is 0 Å². The molecule has 0 N–H and O–H groups in total. The van der Waals surface area contributed by atoms with Crippen molar-refractivity contribution >= 4 is 38.0 Å². The Morgan fingerprint density at radius 2 is 0.893 bits per heavy atom. The van der Waals surface area contributed by atoms with Gasteiger partial charge in [-0.05, 0) is 81.3 Å². The number of benzene rings is 2. The van der Waals surface area contributed by atoms with Crippen LogP contribution in [0.5, 0.6) is 0 Å². The normalized spacial score (nSPS) is 11.0. The van der Waals surface area contributed by atoms with E-state index in [2.05, 4.69) is 167 Å². The number of unbranched alkanes of at least 4 members (excludes halogenated alkanes) is 3. The third-order valence-electron chi connectivity index (χ3n) is 10.2. The van der Waals surface area contributed by atoms with E-state index >= 15 is 0 Å². The maximum Gasteiger partial charge on any atom is 0.0896 e. The smallest absolute Gasteiger partial charge is 0.0896 e. The number of halogens is 1. The number of aromatic nitrogens is 4. The first-order chi connectivity index (χ1) is 26.9. The molecule has 56 heavy (non-hydrogen) atoms. The number of hydrogen-bond donors (Lipinski definition) is 0. The fourth-order valence-electron chi connectivity index (χ4n) is 7.08. The zero-order valence-corrected chi connectivity index (χ0v) is 39.9. The van der Waals surface area contributed by atoms with E-state index in [1.807, 2.05) is 30.6 Å². The first-order valence-electron chi connectivity index (χ1n) is 20.6. The molecule has 2 aromatic carbocycles. The van der Waals surface area contributed by atoms with Gasteiger partial charge in [0.15, 0.2) is 0 Å². The molecule has 0 spiro atoms. The summed E-state index contributed by atoms with van der Waals surface area (Å²) in [5.41, 5.74) is 13.6. The molecule has 6 rings (SSSR count). The standard InChI is InChI=1S/C19H18N2.C12H11N2.C7H7Br.3C4H9.Sn/c1-13-5-4-6-16(9-13)17-11-15(3)12-19(21-17)18-10-14(2)7-8-20-18;1-9-3-5-13-11(7-9)12-8-10(2)4-6-14-12;1-6-3-2-4-7(8)5-6;3*1-3-4-2;/h4-12H,1-3H3;3-5,7-8H,1-2H3;2-5H,1H3;3*1,3-4H2,2H3;. The molecule has 0 aliphatic carbocycles. The first kappa shape index (κ1) is 45.0. The summed E-state index contributed by atoms with van der Waals surface area (Å²) in [6.45, 7) is 19.7. The van der Waals surface area contributed by atoms with E-state index in [9.17, 15) is 0 Å². The molecular weight excluding hydrogens is 855 g/mol. The van der Waals surface area contributed by atoms with E-state index in [4.69, 9.17) is 9.97 Å². The molecule has 0 saturated carbocycles. The van der Waals surface area contributed by atoms with Crippen molar-refractivity contribution in [3.05, 3.63) is 147 Å². The van der Waals surface area contributed by atoms with Crippen LogP contribution in [0.3, 0.4) is 0 Å². The Morgan fingerprint density at radius 3 is 1.36 bits per heavy atom. The van der Waals surface area contributed by atoms with Gasteiger partial charge in [0, 0.05) is 16.2 Å². The van der Waals surface area contributed by atoms with Crippen molar-refractivity contribution in [2.75, 3.05) is 0 Å². The van der Waals surface area contributed by atoms with Gasteiger partial charge in [-0.3, -0.25) is 4.98 Å². The van der Waals surface area contributed by atoms with Crippen LogP contribution in [0.25, 0.3) is 34.0 Å². The number of hydrogen-bond acceptors (Lipinski definition) is 4. The van der Waals surface area contributed by atoms with Gasteiger partial charge in [-0.25, -0.2) is 4.98 Å². The van der Waals surface area contributed by atoms with Crippen molar-refractivity contribution in [2.45, 2.75) is 114 Å². The second-order valence-corrected chi connectivity index (χ2v) is 29.5. The largest absolute Gasteiger partial charge is 0.255 e. The zero-order chi connectivity index (χ0) is 40.5. The summed E-state index contributed by atoms with van der Waals surface area (Å²) in [6.07, 6.45) is 11.8. The van der Waals surface area contributed by atoms with Crippen LogP contribution in [0.1, 0.15) is 92.7 Å². The molecule has 0 radical (unpaired) electrons. The third kappa shape index (κ3) is 14.1. The average Bonchev–Trinajstić information content (AvgIpc) is 3.18. The molecule has 0 saturated heterocycles. The predicted molar refractivity (Wildman–Crippen MR) is 247 cm³/mol. The minimum atomic E-state index is -2.50. The van der Waals surface area contributed by atoms with Crippen LogP contribution in [0, 0.1) is 41.5 Å². The minimum Gasteiger partial charge on any atom is -0.255 e. The van der Waals surface area contributed by atoms with Gasteiger partial charge in [-0.2, -0.15) is 0 Å². The molecule has 294 valence electrons. The van der Waals surface area contributed by atoms with E-state index in [0.29, 0.717) is 0 Å².